The maximum Gasteiger partial charge on any atom is 0.279 e. The quantitative estimate of drug-likeness (QED) is 0.611. The van der Waals surface area contributed by atoms with Gasteiger partial charge in [0.25, 0.3) is 17.5 Å². The molecule has 0 aromatic heterocycles. The average Bonchev–Trinajstić information content (AvgIpc) is 2.61. The Labute approximate surface area is 152 Å². The Morgan fingerprint density at radius 3 is 2.46 bits per heavy atom. The number of hydrogen-bond donors (Lipinski definition) is 2. The highest BCUT2D eigenvalue weighted by Crippen LogP contribution is 2.21. The number of amides is 2. The van der Waals surface area contributed by atoms with Crippen molar-refractivity contribution in [3.8, 4) is 5.75 Å². The van der Waals surface area contributed by atoms with Gasteiger partial charge < -0.3 is 4.74 Å². The van der Waals surface area contributed by atoms with Crippen molar-refractivity contribution in [2.75, 3.05) is 0 Å². The second kappa shape index (κ2) is 8.26. The number of benzene rings is 2. The summed E-state index contributed by atoms with van der Waals surface area (Å²) in [5.41, 5.74) is 3.72. The number of carbonyl (C=O) groups is 2. The van der Waals surface area contributed by atoms with Crippen molar-refractivity contribution >= 4 is 29.1 Å². The van der Waals surface area contributed by atoms with Crippen LogP contribution in [-0.2, 0) is 4.79 Å². The third kappa shape index (κ3) is 4.90. The number of hydrogen-bond acceptors (Lipinski definition) is 5. The van der Waals surface area contributed by atoms with Crippen molar-refractivity contribution < 1.29 is 23.6 Å². The molecule has 0 aliphatic carbocycles. The number of nitrogens with one attached hydrogen (secondary N) is 2. The Kier molecular flexibility index (Phi) is 6.07. The van der Waals surface area contributed by atoms with Crippen molar-refractivity contribution in [1.29, 1.82) is 0 Å². The van der Waals surface area contributed by atoms with Gasteiger partial charge in [0.05, 0.1) is 15.5 Å². The Bertz CT molecular complexity index is 844. The fraction of sp³-hybridized carbons (Fsp3) is 0.125. The lowest BCUT2D eigenvalue weighted by Crippen LogP contribution is -2.47. The molecule has 0 aliphatic rings. The van der Waals surface area contributed by atoms with E-state index in [9.17, 15) is 24.1 Å². The molecule has 0 spiro atoms. The first kappa shape index (κ1) is 19.1. The van der Waals surface area contributed by atoms with E-state index in [0.29, 0.717) is 0 Å². The molecule has 0 saturated carbocycles. The Balaban J connectivity index is 1.96. The molecule has 0 fully saturated rings. The maximum absolute atomic E-state index is 12.8. The Morgan fingerprint density at radius 2 is 1.85 bits per heavy atom. The van der Waals surface area contributed by atoms with Crippen LogP contribution in [0.5, 0.6) is 5.75 Å². The molecule has 0 aliphatic heterocycles. The molecule has 8 nitrogen and oxygen atoms in total. The van der Waals surface area contributed by atoms with Crippen molar-refractivity contribution in [1.82, 2.24) is 10.9 Å². The van der Waals surface area contributed by atoms with E-state index in [1.807, 2.05) is 0 Å². The van der Waals surface area contributed by atoms with E-state index in [1.165, 1.54) is 37.3 Å². The van der Waals surface area contributed by atoms with E-state index in [2.05, 4.69) is 10.9 Å². The van der Waals surface area contributed by atoms with Crippen molar-refractivity contribution in [3.63, 3.8) is 0 Å². The fourth-order valence-corrected chi connectivity index (χ4v) is 2.06. The van der Waals surface area contributed by atoms with E-state index in [1.54, 1.807) is 0 Å². The van der Waals surface area contributed by atoms with Gasteiger partial charge >= 0.3 is 0 Å². The van der Waals surface area contributed by atoms with E-state index in [4.69, 9.17) is 16.3 Å². The van der Waals surface area contributed by atoms with Gasteiger partial charge in [0, 0.05) is 12.1 Å². The van der Waals surface area contributed by atoms with E-state index in [-0.39, 0.29) is 22.0 Å². The summed E-state index contributed by atoms with van der Waals surface area (Å²) in [7, 11) is 0. The highest BCUT2D eigenvalue weighted by atomic mass is 35.5. The summed E-state index contributed by atoms with van der Waals surface area (Å²) in [6.07, 6.45) is -0.999. The van der Waals surface area contributed by atoms with E-state index in [0.717, 1.165) is 12.1 Å². The van der Waals surface area contributed by atoms with E-state index >= 15 is 0 Å². The van der Waals surface area contributed by atoms with Crippen LogP contribution in [0, 0.1) is 15.9 Å². The van der Waals surface area contributed by atoms with Crippen molar-refractivity contribution in [2.45, 2.75) is 13.0 Å². The number of halogens is 2. The number of non-ortho nitro benzene ring substituents is 1. The van der Waals surface area contributed by atoms with Crippen LogP contribution in [0.15, 0.2) is 42.5 Å². The minimum Gasteiger partial charge on any atom is -0.481 e. The predicted molar refractivity (Wildman–Crippen MR) is 90.2 cm³/mol. The largest absolute Gasteiger partial charge is 0.481 e. The minimum atomic E-state index is -0.999. The first-order valence-electron chi connectivity index (χ1n) is 7.24. The zero-order valence-electron chi connectivity index (χ0n) is 13.4. The van der Waals surface area contributed by atoms with Crippen LogP contribution >= 0.6 is 11.6 Å². The summed E-state index contributed by atoms with van der Waals surface area (Å²) in [4.78, 5) is 34.1. The SMILES string of the molecule is C[C@H](Oc1ccc(F)cc1)C(=O)NNC(=O)c1cc([N+](=O)[O-])ccc1Cl. The zero-order chi connectivity index (χ0) is 19.3. The predicted octanol–water partition coefficient (Wildman–Crippen LogP) is 2.62. The van der Waals surface area contributed by atoms with Crippen LogP contribution in [-0.4, -0.2) is 22.8 Å². The number of rotatable bonds is 5. The standard InChI is InChI=1S/C16H13ClFN3O5/c1-9(26-12-5-2-10(18)3-6-12)15(22)19-20-16(23)13-8-11(21(24)25)4-7-14(13)17/h2-9H,1H3,(H,19,22)(H,20,23)/t9-/m0/s1. The summed E-state index contributed by atoms with van der Waals surface area (Å²) in [6, 6.07) is 8.38. The Morgan fingerprint density at radius 1 is 1.19 bits per heavy atom. The first-order valence-corrected chi connectivity index (χ1v) is 7.62. The molecule has 2 N–H and O–H groups in total. The van der Waals surface area contributed by atoms with Gasteiger partial charge in [-0.2, -0.15) is 0 Å². The van der Waals surface area contributed by atoms with Crippen LogP contribution < -0.4 is 15.6 Å². The molecule has 0 unspecified atom stereocenters. The van der Waals surface area contributed by atoms with Gasteiger partial charge in [0.15, 0.2) is 6.10 Å². The lowest BCUT2D eigenvalue weighted by molar-refractivity contribution is -0.384. The molecule has 26 heavy (non-hydrogen) atoms. The molecule has 2 aromatic carbocycles. The molecule has 10 heteroatoms. The van der Waals surface area contributed by atoms with Gasteiger partial charge in [-0.3, -0.25) is 30.6 Å². The molecule has 2 rings (SSSR count). The summed E-state index contributed by atoms with van der Waals surface area (Å²) >= 11 is 5.84. The normalized spacial score (nSPS) is 11.3. The summed E-state index contributed by atoms with van der Waals surface area (Å²) in [5.74, 6) is -1.71. The van der Waals surface area contributed by atoms with Crippen molar-refractivity contribution in [3.05, 3.63) is 69.0 Å². The summed E-state index contributed by atoms with van der Waals surface area (Å²) < 4.78 is 18.1. The third-order valence-electron chi connectivity index (χ3n) is 3.20. The summed E-state index contributed by atoms with van der Waals surface area (Å²) in [5, 5.41) is 10.7. The molecule has 2 amide bonds. The number of nitro groups is 1. The number of nitrogens with zero attached hydrogens (tertiary/aromatic N) is 1. The molecule has 0 bridgehead atoms. The molecule has 0 radical (unpaired) electrons. The lowest BCUT2D eigenvalue weighted by atomic mass is 10.2. The molecule has 136 valence electrons. The van der Waals surface area contributed by atoms with Crippen LogP contribution in [0.4, 0.5) is 10.1 Å². The second-order valence-electron chi connectivity index (χ2n) is 5.08. The van der Waals surface area contributed by atoms with Gasteiger partial charge in [-0.15, -0.1) is 0 Å². The second-order valence-corrected chi connectivity index (χ2v) is 5.49. The van der Waals surface area contributed by atoms with Gasteiger partial charge in [-0.1, -0.05) is 11.6 Å². The lowest BCUT2D eigenvalue weighted by Gasteiger charge is -2.15. The Hall–Kier alpha value is -3.20. The first-order chi connectivity index (χ1) is 12.3. The van der Waals surface area contributed by atoms with Gasteiger partial charge in [0.2, 0.25) is 0 Å². The fourth-order valence-electron chi connectivity index (χ4n) is 1.86. The topological polar surface area (TPSA) is 111 Å². The maximum atomic E-state index is 12.8. The monoisotopic (exact) mass is 381 g/mol. The van der Waals surface area contributed by atoms with E-state index < -0.39 is 28.7 Å². The zero-order valence-corrected chi connectivity index (χ0v) is 14.1. The van der Waals surface area contributed by atoms with Crippen LogP contribution in [0.25, 0.3) is 0 Å². The number of nitro benzene ring substituents is 1. The molecule has 1 atom stereocenters. The van der Waals surface area contributed by atoms with Gasteiger partial charge in [-0.25, -0.2) is 4.39 Å². The molecule has 2 aromatic rings. The van der Waals surface area contributed by atoms with Crippen LogP contribution in [0.1, 0.15) is 17.3 Å². The van der Waals surface area contributed by atoms with Gasteiger partial charge in [-0.05, 0) is 37.3 Å². The number of ether oxygens (including phenoxy) is 1. The smallest absolute Gasteiger partial charge is 0.279 e. The molecule has 0 saturated heterocycles. The molecular formula is C16H13ClFN3O5. The van der Waals surface area contributed by atoms with Gasteiger partial charge in [0.1, 0.15) is 11.6 Å². The number of hydrazine groups is 1. The molecule has 0 heterocycles. The van der Waals surface area contributed by atoms with Crippen LogP contribution in [0.3, 0.4) is 0 Å². The highest BCUT2D eigenvalue weighted by Gasteiger charge is 2.19. The van der Waals surface area contributed by atoms with Crippen molar-refractivity contribution in [2.24, 2.45) is 0 Å². The average molecular weight is 382 g/mol. The molecular weight excluding hydrogens is 369 g/mol. The summed E-state index contributed by atoms with van der Waals surface area (Å²) in [6.45, 7) is 1.42. The van der Waals surface area contributed by atoms with Crippen LogP contribution in [0.2, 0.25) is 5.02 Å². The number of carbonyl (C=O) groups excluding carboxylic acids is 2. The minimum absolute atomic E-state index is 0.0158. The third-order valence-corrected chi connectivity index (χ3v) is 3.53. The highest BCUT2D eigenvalue weighted by molar-refractivity contribution is 6.34.